The molecule has 2 aromatic heterocycles. The normalized spacial score (nSPS) is 15.1. The van der Waals surface area contributed by atoms with Gasteiger partial charge in [-0.25, -0.2) is 9.97 Å². The van der Waals surface area contributed by atoms with Crippen LogP contribution in [0.1, 0.15) is 36.3 Å². The van der Waals surface area contributed by atoms with Crippen LogP contribution >= 0.6 is 0 Å². The van der Waals surface area contributed by atoms with Gasteiger partial charge in [0.05, 0.1) is 11.4 Å². The molecule has 30 heavy (non-hydrogen) atoms. The van der Waals surface area contributed by atoms with Gasteiger partial charge in [-0.2, -0.15) is 0 Å². The minimum Gasteiger partial charge on any atom is -0.298 e. The van der Waals surface area contributed by atoms with Gasteiger partial charge in [0.1, 0.15) is 5.69 Å². The fraction of sp³-hybridized carbons (Fsp3) is 0.192. The number of aromatic nitrogens is 3. The fourth-order valence-electron chi connectivity index (χ4n) is 4.03. The molecule has 0 aliphatic heterocycles. The van der Waals surface area contributed by atoms with Gasteiger partial charge in [-0.3, -0.25) is 9.36 Å². The monoisotopic (exact) mass is 393 g/mol. The van der Waals surface area contributed by atoms with E-state index < -0.39 is 0 Å². The maximum Gasteiger partial charge on any atom is 0.170 e. The summed E-state index contributed by atoms with van der Waals surface area (Å²) in [4.78, 5) is 22.6. The van der Waals surface area contributed by atoms with Gasteiger partial charge in [0.2, 0.25) is 0 Å². The number of pyridine rings is 1. The second-order valence-corrected chi connectivity index (χ2v) is 8.43. The molecule has 1 aliphatic rings. The van der Waals surface area contributed by atoms with Gasteiger partial charge in [0, 0.05) is 28.4 Å². The minimum absolute atomic E-state index is 0.180. The highest BCUT2D eigenvalue weighted by molar-refractivity contribution is 6.02. The molecule has 1 aliphatic carbocycles. The molecule has 0 amide bonds. The van der Waals surface area contributed by atoms with Crippen molar-refractivity contribution in [2.45, 2.75) is 26.7 Å². The van der Waals surface area contributed by atoms with E-state index in [0.717, 1.165) is 52.6 Å². The summed E-state index contributed by atoms with van der Waals surface area (Å²) in [6.07, 6.45) is 3.67. The third-order valence-electron chi connectivity index (χ3n) is 5.86. The standard InChI is InChI=1S/C26H23N3O/c1-26(2)16-15-21-20(24(26)30)13-14-22(27-21)25-28-23(18-9-5-3-6-10-18)17-29(25)19-11-7-4-8-12-19/h3-14,17H,15-16H2,1-2H3. The number of Topliss-reactive ketones (excluding diaryl/α,β-unsaturated/α-hetero) is 1. The highest BCUT2D eigenvalue weighted by atomic mass is 16.1. The van der Waals surface area contributed by atoms with Crippen LogP contribution < -0.4 is 0 Å². The van der Waals surface area contributed by atoms with Crippen molar-refractivity contribution in [3.05, 3.63) is 90.3 Å². The van der Waals surface area contributed by atoms with Gasteiger partial charge < -0.3 is 0 Å². The Morgan fingerprint density at radius 2 is 1.53 bits per heavy atom. The van der Waals surface area contributed by atoms with E-state index in [2.05, 4.69) is 35.0 Å². The first-order chi connectivity index (χ1) is 14.5. The first kappa shape index (κ1) is 18.5. The second kappa shape index (κ2) is 7.06. The third-order valence-corrected chi connectivity index (χ3v) is 5.86. The van der Waals surface area contributed by atoms with Crippen molar-refractivity contribution in [2.75, 3.05) is 0 Å². The molecule has 0 N–H and O–H groups in total. The summed E-state index contributed by atoms with van der Waals surface area (Å²) in [6.45, 7) is 4.03. The quantitative estimate of drug-likeness (QED) is 0.445. The largest absolute Gasteiger partial charge is 0.298 e. The van der Waals surface area contributed by atoms with Gasteiger partial charge in [-0.1, -0.05) is 62.4 Å². The Bertz CT molecular complexity index is 1220. The van der Waals surface area contributed by atoms with Crippen LogP contribution in [-0.4, -0.2) is 20.3 Å². The lowest BCUT2D eigenvalue weighted by molar-refractivity contribution is 0.0809. The van der Waals surface area contributed by atoms with Crippen LogP contribution in [0.15, 0.2) is 79.0 Å². The van der Waals surface area contributed by atoms with Gasteiger partial charge in [-0.15, -0.1) is 0 Å². The summed E-state index contributed by atoms with van der Waals surface area (Å²) in [7, 11) is 0. The lowest BCUT2D eigenvalue weighted by Gasteiger charge is -2.29. The summed E-state index contributed by atoms with van der Waals surface area (Å²) in [5.74, 6) is 0.958. The topological polar surface area (TPSA) is 47.8 Å². The van der Waals surface area contributed by atoms with E-state index >= 15 is 0 Å². The average molecular weight is 393 g/mol. The van der Waals surface area contributed by atoms with Crippen molar-refractivity contribution < 1.29 is 4.79 Å². The molecule has 0 saturated carbocycles. The number of aryl methyl sites for hydroxylation is 1. The van der Waals surface area contributed by atoms with Crippen molar-refractivity contribution in [2.24, 2.45) is 5.41 Å². The smallest absolute Gasteiger partial charge is 0.170 e. The van der Waals surface area contributed by atoms with Crippen LogP contribution in [0, 0.1) is 5.41 Å². The molecule has 2 heterocycles. The number of carbonyl (C=O) groups is 1. The van der Waals surface area contributed by atoms with Gasteiger partial charge in [0.25, 0.3) is 0 Å². The molecular weight excluding hydrogens is 370 g/mol. The Morgan fingerprint density at radius 3 is 2.27 bits per heavy atom. The van der Waals surface area contributed by atoms with Crippen LogP contribution in [0.25, 0.3) is 28.5 Å². The van der Waals surface area contributed by atoms with E-state index in [0.29, 0.717) is 0 Å². The Kier molecular flexibility index (Phi) is 4.35. The maximum absolute atomic E-state index is 12.8. The molecule has 0 saturated heterocycles. The van der Waals surface area contributed by atoms with Gasteiger partial charge in [-0.05, 0) is 37.1 Å². The van der Waals surface area contributed by atoms with E-state index in [1.165, 1.54) is 0 Å². The fourth-order valence-corrected chi connectivity index (χ4v) is 4.03. The summed E-state index contributed by atoms with van der Waals surface area (Å²) in [5.41, 5.74) is 5.07. The van der Waals surface area contributed by atoms with Crippen molar-refractivity contribution in [1.29, 1.82) is 0 Å². The Balaban J connectivity index is 1.66. The lowest BCUT2D eigenvalue weighted by atomic mass is 9.75. The van der Waals surface area contributed by atoms with Crippen LogP contribution in [-0.2, 0) is 6.42 Å². The molecule has 0 bridgehead atoms. The number of hydrogen-bond acceptors (Lipinski definition) is 3. The molecule has 0 fully saturated rings. The number of hydrogen-bond donors (Lipinski definition) is 0. The number of para-hydroxylation sites is 1. The summed E-state index contributed by atoms with van der Waals surface area (Å²) < 4.78 is 2.08. The zero-order chi connectivity index (χ0) is 20.7. The number of imidazole rings is 1. The van der Waals surface area contributed by atoms with Crippen LogP contribution in [0.5, 0.6) is 0 Å². The highest BCUT2D eigenvalue weighted by Crippen LogP contribution is 2.35. The maximum atomic E-state index is 12.8. The molecule has 0 spiro atoms. The number of ketones is 1. The summed E-state index contributed by atoms with van der Waals surface area (Å²) in [6, 6.07) is 24.2. The van der Waals surface area contributed by atoms with Crippen LogP contribution in [0.3, 0.4) is 0 Å². The molecule has 2 aromatic carbocycles. The molecule has 0 radical (unpaired) electrons. The molecule has 148 valence electrons. The SMILES string of the molecule is CC1(C)CCc2nc(-c3nc(-c4ccccc4)cn3-c3ccccc3)ccc2C1=O. The predicted octanol–water partition coefficient (Wildman–Crippen LogP) is 5.76. The van der Waals surface area contributed by atoms with E-state index in [1.54, 1.807) is 0 Å². The minimum atomic E-state index is -0.320. The van der Waals surface area contributed by atoms with E-state index in [4.69, 9.17) is 9.97 Å². The van der Waals surface area contributed by atoms with Gasteiger partial charge in [0.15, 0.2) is 11.6 Å². The first-order valence-electron chi connectivity index (χ1n) is 10.3. The van der Waals surface area contributed by atoms with E-state index in [1.807, 2.05) is 62.4 Å². The zero-order valence-corrected chi connectivity index (χ0v) is 17.2. The predicted molar refractivity (Wildman–Crippen MR) is 119 cm³/mol. The number of fused-ring (bicyclic) bond motifs is 1. The number of carbonyl (C=O) groups excluding carboxylic acids is 1. The third kappa shape index (κ3) is 3.14. The Morgan fingerprint density at radius 1 is 0.833 bits per heavy atom. The Hall–Kier alpha value is -3.53. The van der Waals surface area contributed by atoms with Gasteiger partial charge >= 0.3 is 0 Å². The van der Waals surface area contributed by atoms with Crippen molar-refractivity contribution in [3.63, 3.8) is 0 Å². The second-order valence-electron chi connectivity index (χ2n) is 8.43. The van der Waals surface area contributed by atoms with Crippen molar-refractivity contribution in [3.8, 4) is 28.5 Å². The number of benzene rings is 2. The number of rotatable bonds is 3. The molecule has 4 heteroatoms. The zero-order valence-electron chi connectivity index (χ0n) is 17.2. The molecule has 5 rings (SSSR count). The molecular formula is C26H23N3O. The van der Waals surface area contributed by atoms with Crippen molar-refractivity contribution in [1.82, 2.24) is 14.5 Å². The average Bonchev–Trinajstić information content (AvgIpc) is 3.23. The molecule has 0 unspecified atom stereocenters. The van der Waals surface area contributed by atoms with Crippen LogP contribution in [0.2, 0.25) is 0 Å². The van der Waals surface area contributed by atoms with E-state index in [9.17, 15) is 4.79 Å². The molecule has 0 atom stereocenters. The van der Waals surface area contributed by atoms with E-state index in [-0.39, 0.29) is 11.2 Å². The first-order valence-corrected chi connectivity index (χ1v) is 10.3. The van der Waals surface area contributed by atoms with Crippen molar-refractivity contribution >= 4 is 5.78 Å². The highest BCUT2D eigenvalue weighted by Gasteiger charge is 2.35. The van der Waals surface area contributed by atoms with Crippen LogP contribution in [0.4, 0.5) is 0 Å². The summed E-state index contributed by atoms with van der Waals surface area (Å²) >= 11 is 0. The Labute approximate surface area is 176 Å². The molecule has 4 aromatic rings. The summed E-state index contributed by atoms with van der Waals surface area (Å²) in [5, 5.41) is 0. The lowest BCUT2D eigenvalue weighted by Crippen LogP contribution is -2.31. The molecule has 4 nitrogen and oxygen atoms in total. The number of nitrogens with zero attached hydrogens (tertiary/aromatic N) is 3.